The Kier molecular flexibility index (Phi) is 5.21. The molecule has 0 aromatic heterocycles. The van der Waals surface area contributed by atoms with Crippen molar-refractivity contribution in [1.29, 1.82) is 0 Å². The van der Waals surface area contributed by atoms with E-state index in [1.54, 1.807) is 12.1 Å². The number of carbonyl (C=O) groups is 1. The first kappa shape index (κ1) is 17.4. The van der Waals surface area contributed by atoms with Gasteiger partial charge < -0.3 is 14.5 Å². The number of nitrogens with zero attached hydrogens (tertiary/aromatic N) is 2. The summed E-state index contributed by atoms with van der Waals surface area (Å²) in [4.78, 5) is 16.7. The van der Waals surface area contributed by atoms with Crippen LogP contribution < -0.4 is 0 Å². The Morgan fingerprint density at radius 1 is 1.38 bits per heavy atom. The van der Waals surface area contributed by atoms with Crippen LogP contribution in [0.2, 0.25) is 0 Å². The van der Waals surface area contributed by atoms with Gasteiger partial charge in [-0.15, -0.1) is 0 Å². The largest absolute Gasteiger partial charge is 0.375 e. The number of rotatable bonds is 3. The van der Waals surface area contributed by atoms with Gasteiger partial charge in [-0.3, -0.25) is 4.79 Å². The maximum absolute atomic E-state index is 13.3. The van der Waals surface area contributed by atoms with Gasteiger partial charge in [0.05, 0.1) is 12.0 Å². The molecule has 1 unspecified atom stereocenters. The molecule has 0 saturated carbocycles. The number of halogens is 1. The van der Waals surface area contributed by atoms with Crippen molar-refractivity contribution < 1.29 is 13.9 Å². The van der Waals surface area contributed by atoms with Crippen LogP contribution in [0.5, 0.6) is 0 Å². The maximum Gasteiger partial charge on any atom is 0.226 e. The minimum absolute atomic E-state index is 0.0666. The third-order valence-corrected chi connectivity index (χ3v) is 5.47. The summed E-state index contributed by atoms with van der Waals surface area (Å²) in [6.45, 7) is 2.27. The van der Waals surface area contributed by atoms with E-state index >= 15 is 0 Å². The number of carbonyl (C=O) groups excluding carboxylic acids is 1. The molecule has 0 radical (unpaired) electrons. The molecule has 2 aliphatic rings. The van der Waals surface area contributed by atoms with Gasteiger partial charge in [0.25, 0.3) is 0 Å². The van der Waals surface area contributed by atoms with Crippen LogP contribution in [0.3, 0.4) is 0 Å². The molecule has 5 heteroatoms. The summed E-state index contributed by atoms with van der Waals surface area (Å²) in [6.07, 6.45) is 4.19. The lowest BCUT2D eigenvalue weighted by atomic mass is 9.82. The molecular formula is C19H27FN2O2. The van der Waals surface area contributed by atoms with E-state index in [9.17, 15) is 9.18 Å². The monoisotopic (exact) mass is 334 g/mol. The first-order valence-electron chi connectivity index (χ1n) is 8.80. The second-order valence-electron chi connectivity index (χ2n) is 7.33. The lowest BCUT2D eigenvalue weighted by Gasteiger charge is -2.47. The molecule has 2 aliphatic heterocycles. The Bertz CT molecular complexity index is 582. The van der Waals surface area contributed by atoms with Gasteiger partial charge >= 0.3 is 0 Å². The minimum atomic E-state index is -0.289. The number of likely N-dealkylation sites (tertiary alicyclic amines) is 1. The first-order valence-corrected chi connectivity index (χ1v) is 8.80. The normalized spacial score (nSPS) is 23.7. The van der Waals surface area contributed by atoms with E-state index < -0.39 is 0 Å². The van der Waals surface area contributed by atoms with E-state index in [-0.39, 0.29) is 23.7 Å². The zero-order chi connectivity index (χ0) is 17.2. The standard InChI is InChI=1S/C19H27FN2O2/c1-21(2)17-6-11-24-19(14-17)7-9-22(10-8-19)18(23)13-15-4-3-5-16(20)12-15/h3-5,12,17H,6-11,13-14H2,1-2H3. The van der Waals surface area contributed by atoms with E-state index in [4.69, 9.17) is 4.74 Å². The molecule has 0 bridgehead atoms. The lowest BCUT2D eigenvalue weighted by Crippen LogP contribution is -2.53. The molecule has 1 amide bonds. The van der Waals surface area contributed by atoms with E-state index in [1.165, 1.54) is 12.1 Å². The van der Waals surface area contributed by atoms with Gasteiger partial charge in [0, 0.05) is 25.7 Å². The molecule has 0 N–H and O–H groups in total. The molecule has 3 rings (SSSR count). The summed E-state index contributed by atoms with van der Waals surface area (Å²) in [5.74, 6) is -0.210. The van der Waals surface area contributed by atoms with Crippen molar-refractivity contribution in [3.8, 4) is 0 Å². The smallest absolute Gasteiger partial charge is 0.226 e. The molecule has 1 aromatic carbocycles. The summed E-state index contributed by atoms with van der Waals surface area (Å²) in [7, 11) is 4.25. The van der Waals surface area contributed by atoms with Gasteiger partial charge in [-0.05, 0) is 57.5 Å². The second kappa shape index (κ2) is 7.19. The van der Waals surface area contributed by atoms with Crippen LogP contribution in [-0.2, 0) is 16.0 Å². The number of hydrogen-bond acceptors (Lipinski definition) is 3. The fourth-order valence-electron chi connectivity index (χ4n) is 3.89. The highest BCUT2D eigenvalue weighted by Gasteiger charge is 2.41. The zero-order valence-corrected chi connectivity index (χ0v) is 14.6. The molecular weight excluding hydrogens is 307 g/mol. The van der Waals surface area contributed by atoms with Crippen LogP contribution in [-0.4, -0.2) is 61.1 Å². The SMILES string of the molecule is CN(C)C1CCOC2(CCN(C(=O)Cc3cccc(F)c3)CC2)C1. The van der Waals surface area contributed by atoms with E-state index in [0.29, 0.717) is 6.04 Å². The van der Waals surface area contributed by atoms with Crippen molar-refractivity contribution in [2.24, 2.45) is 0 Å². The van der Waals surface area contributed by atoms with Gasteiger partial charge in [-0.1, -0.05) is 12.1 Å². The number of amides is 1. The Labute approximate surface area is 143 Å². The second-order valence-corrected chi connectivity index (χ2v) is 7.33. The van der Waals surface area contributed by atoms with Crippen molar-refractivity contribution in [2.75, 3.05) is 33.8 Å². The molecule has 24 heavy (non-hydrogen) atoms. The van der Waals surface area contributed by atoms with E-state index in [2.05, 4.69) is 19.0 Å². The molecule has 1 atom stereocenters. The van der Waals surface area contributed by atoms with Crippen LogP contribution in [0.1, 0.15) is 31.2 Å². The van der Waals surface area contributed by atoms with Crippen LogP contribution in [0.15, 0.2) is 24.3 Å². The van der Waals surface area contributed by atoms with E-state index in [1.807, 2.05) is 4.90 Å². The lowest BCUT2D eigenvalue weighted by molar-refractivity contribution is -0.147. The van der Waals surface area contributed by atoms with E-state index in [0.717, 1.165) is 50.9 Å². The number of hydrogen-bond donors (Lipinski definition) is 0. The molecule has 1 aromatic rings. The third-order valence-electron chi connectivity index (χ3n) is 5.47. The van der Waals surface area contributed by atoms with Gasteiger partial charge in [0.1, 0.15) is 5.82 Å². The quantitative estimate of drug-likeness (QED) is 0.851. The zero-order valence-electron chi connectivity index (χ0n) is 14.6. The summed E-state index contributed by atoms with van der Waals surface area (Å²) < 4.78 is 19.4. The van der Waals surface area contributed by atoms with Crippen molar-refractivity contribution in [1.82, 2.24) is 9.80 Å². The minimum Gasteiger partial charge on any atom is -0.375 e. The Morgan fingerprint density at radius 2 is 2.12 bits per heavy atom. The van der Waals surface area contributed by atoms with Crippen molar-refractivity contribution >= 4 is 5.91 Å². The predicted molar refractivity (Wildman–Crippen MR) is 91.3 cm³/mol. The fourth-order valence-corrected chi connectivity index (χ4v) is 3.89. The Balaban J connectivity index is 1.55. The Hall–Kier alpha value is -1.46. The van der Waals surface area contributed by atoms with Crippen LogP contribution in [0, 0.1) is 5.82 Å². The summed E-state index contributed by atoms with van der Waals surface area (Å²) >= 11 is 0. The third kappa shape index (κ3) is 3.95. The van der Waals surface area contributed by atoms with Crippen LogP contribution >= 0.6 is 0 Å². The number of benzene rings is 1. The highest BCUT2D eigenvalue weighted by Crippen LogP contribution is 2.36. The van der Waals surface area contributed by atoms with Crippen LogP contribution in [0.25, 0.3) is 0 Å². The molecule has 4 nitrogen and oxygen atoms in total. The highest BCUT2D eigenvalue weighted by molar-refractivity contribution is 5.78. The molecule has 2 heterocycles. The average Bonchev–Trinajstić information content (AvgIpc) is 2.55. The molecule has 0 aliphatic carbocycles. The molecule has 2 saturated heterocycles. The van der Waals surface area contributed by atoms with Crippen molar-refractivity contribution in [3.05, 3.63) is 35.6 Å². The van der Waals surface area contributed by atoms with Crippen LogP contribution in [0.4, 0.5) is 4.39 Å². The summed E-state index contributed by atoms with van der Waals surface area (Å²) in [5.41, 5.74) is 0.671. The van der Waals surface area contributed by atoms with Gasteiger partial charge in [-0.2, -0.15) is 0 Å². The summed E-state index contributed by atoms with van der Waals surface area (Å²) in [5, 5.41) is 0. The first-order chi connectivity index (χ1) is 11.5. The predicted octanol–water partition coefficient (Wildman–Crippen LogP) is 2.47. The fraction of sp³-hybridized carbons (Fsp3) is 0.632. The topological polar surface area (TPSA) is 32.8 Å². The molecule has 1 spiro atoms. The number of ether oxygens (including phenoxy) is 1. The maximum atomic E-state index is 13.3. The molecule has 2 fully saturated rings. The van der Waals surface area contributed by atoms with Gasteiger partial charge in [0.15, 0.2) is 0 Å². The van der Waals surface area contributed by atoms with Gasteiger partial charge in [0.2, 0.25) is 5.91 Å². The highest BCUT2D eigenvalue weighted by atomic mass is 19.1. The number of piperidine rings is 1. The average molecular weight is 334 g/mol. The summed E-state index contributed by atoms with van der Waals surface area (Å²) in [6, 6.07) is 6.86. The Morgan fingerprint density at radius 3 is 2.79 bits per heavy atom. The van der Waals surface area contributed by atoms with Crippen molar-refractivity contribution in [2.45, 2.75) is 43.7 Å². The van der Waals surface area contributed by atoms with Crippen molar-refractivity contribution in [3.63, 3.8) is 0 Å². The van der Waals surface area contributed by atoms with Gasteiger partial charge in [-0.25, -0.2) is 4.39 Å². The molecule has 132 valence electrons.